The smallest absolute Gasteiger partial charge is 0.163 e. The van der Waals surface area contributed by atoms with Crippen LogP contribution in [-0.4, -0.2) is 9.78 Å². The second-order valence-electron chi connectivity index (χ2n) is 4.77. The van der Waals surface area contributed by atoms with E-state index in [2.05, 4.69) is 10.4 Å². The molecule has 1 aromatic carbocycles. The molecule has 1 N–H and O–H groups in total. The Morgan fingerprint density at radius 1 is 1.30 bits per heavy atom. The standard InChI is InChI=1S/C14H17F2N3.ClH/c1-9(2)19-8-13(10(3)18-19)17-7-11-5-4-6-12(15)14(11)16;/h4-6,8-9,17H,7H2,1-3H3;1H. The fourth-order valence-corrected chi connectivity index (χ4v) is 1.80. The molecule has 0 aliphatic heterocycles. The zero-order valence-electron chi connectivity index (χ0n) is 11.7. The Bertz CT molecular complexity index is 582. The van der Waals surface area contributed by atoms with E-state index in [1.54, 1.807) is 6.07 Å². The van der Waals surface area contributed by atoms with Gasteiger partial charge in [-0.25, -0.2) is 8.78 Å². The highest BCUT2D eigenvalue weighted by molar-refractivity contribution is 5.85. The highest BCUT2D eigenvalue weighted by Gasteiger charge is 2.10. The Labute approximate surface area is 123 Å². The average molecular weight is 302 g/mol. The van der Waals surface area contributed by atoms with Crippen LogP contribution in [0.3, 0.4) is 0 Å². The van der Waals surface area contributed by atoms with Crippen LogP contribution in [0.15, 0.2) is 24.4 Å². The molecule has 0 unspecified atom stereocenters. The topological polar surface area (TPSA) is 29.9 Å². The van der Waals surface area contributed by atoms with Gasteiger partial charge in [0.2, 0.25) is 0 Å². The van der Waals surface area contributed by atoms with Gasteiger partial charge in [0.05, 0.1) is 11.4 Å². The molecule has 2 rings (SSSR count). The lowest BCUT2D eigenvalue weighted by molar-refractivity contribution is 0.500. The number of hydrogen-bond donors (Lipinski definition) is 1. The van der Waals surface area contributed by atoms with E-state index in [4.69, 9.17) is 0 Å². The number of halogens is 3. The number of benzene rings is 1. The fourth-order valence-electron chi connectivity index (χ4n) is 1.80. The van der Waals surface area contributed by atoms with Crippen molar-refractivity contribution in [3.63, 3.8) is 0 Å². The van der Waals surface area contributed by atoms with Crippen molar-refractivity contribution in [2.75, 3.05) is 5.32 Å². The summed E-state index contributed by atoms with van der Waals surface area (Å²) in [5.41, 5.74) is 1.97. The number of nitrogens with zero attached hydrogens (tertiary/aromatic N) is 2. The molecular weight excluding hydrogens is 284 g/mol. The maximum atomic E-state index is 13.5. The Morgan fingerprint density at radius 3 is 2.60 bits per heavy atom. The van der Waals surface area contributed by atoms with Crippen LogP contribution in [0.25, 0.3) is 0 Å². The second-order valence-corrected chi connectivity index (χ2v) is 4.77. The maximum Gasteiger partial charge on any atom is 0.163 e. The summed E-state index contributed by atoms with van der Waals surface area (Å²) in [6.45, 7) is 6.17. The van der Waals surface area contributed by atoms with Crippen molar-refractivity contribution in [1.29, 1.82) is 0 Å². The Hall–Kier alpha value is -1.62. The molecule has 0 fully saturated rings. The third-order valence-corrected chi connectivity index (χ3v) is 2.95. The number of aromatic nitrogens is 2. The van der Waals surface area contributed by atoms with Crippen LogP contribution in [-0.2, 0) is 6.54 Å². The molecule has 20 heavy (non-hydrogen) atoms. The summed E-state index contributed by atoms with van der Waals surface area (Å²) in [5, 5.41) is 7.43. The van der Waals surface area contributed by atoms with Crippen molar-refractivity contribution in [2.45, 2.75) is 33.4 Å². The summed E-state index contributed by atoms with van der Waals surface area (Å²) in [6, 6.07) is 4.44. The van der Waals surface area contributed by atoms with Gasteiger partial charge < -0.3 is 5.32 Å². The van der Waals surface area contributed by atoms with E-state index >= 15 is 0 Å². The first-order valence-corrected chi connectivity index (χ1v) is 6.21. The van der Waals surface area contributed by atoms with E-state index in [0.717, 1.165) is 17.4 Å². The minimum atomic E-state index is -0.825. The maximum absolute atomic E-state index is 13.5. The molecule has 3 nitrogen and oxygen atoms in total. The van der Waals surface area contributed by atoms with Gasteiger partial charge in [-0.15, -0.1) is 12.4 Å². The number of aryl methyl sites for hydroxylation is 1. The summed E-state index contributed by atoms with van der Waals surface area (Å²) in [5.74, 6) is -1.63. The molecule has 0 saturated heterocycles. The van der Waals surface area contributed by atoms with E-state index in [0.29, 0.717) is 5.56 Å². The highest BCUT2D eigenvalue weighted by atomic mass is 35.5. The zero-order chi connectivity index (χ0) is 14.0. The lowest BCUT2D eigenvalue weighted by atomic mass is 10.2. The van der Waals surface area contributed by atoms with Crippen LogP contribution in [0, 0.1) is 18.6 Å². The number of rotatable bonds is 4. The largest absolute Gasteiger partial charge is 0.378 e. The molecule has 0 aliphatic rings. The van der Waals surface area contributed by atoms with Crippen molar-refractivity contribution >= 4 is 18.1 Å². The van der Waals surface area contributed by atoms with Crippen LogP contribution in [0.5, 0.6) is 0 Å². The van der Waals surface area contributed by atoms with E-state index in [1.807, 2.05) is 31.6 Å². The van der Waals surface area contributed by atoms with Gasteiger partial charge in [0, 0.05) is 24.3 Å². The molecule has 0 atom stereocenters. The predicted molar refractivity (Wildman–Crippen MR) is 78.3 cm³/mol. The molecule has 0 radical (unpaired) electrons. The Balaban J connectivity index is 0.00000200. The van der Waals surface area contributed by atoms with Gasteiger partial charge >= 0.3 is 0 Å². The first-order chi connectivity index (χ1) is 8.99. The molecule has 0 bridgehead atoms. The van der Waals surface area contributed by atoms with Gasteiger partial charge in [-0.1, -0.05) is 12.1 Å². The minimum Gasteiger partial charge on any atom is -0.378 e. The molecule has 1 heterocycles. The summed E-state index contributed by atoms with van der Waals surface area (Å²) in [6.07, 6.45) is 1.87. The van der Waals surface area contributed by atoms with Gasteiger partial charge in [-0.05, 0) is 26.8 Å². The highest BCUT2D eigenvalue weighted by Crippen LogP contribution is 2.18. The van der Waals surface area contributed by atoms with Crippen LogP contribution in [0.4, 0.5) is 14.5 Å². The van der Waals surface area contributed by atoms with Crippen LogP contribution < -0.4 is 5.32 Å². The number of anilines is 1. The van der Waals surface area contributed by atoms with E-state index in [9.17, 15) is 8.78 Å². The van der Waals surface area contributed by atoms with Crippen molar-refractivity contribution in [3.8, 4) is 0 Å². The summed E-state index contributed by atoms with van der Waals surface area (Å²) >= 11 is 0. The van der Waals surface area contributed by atoms with E-state index in [1.165, 1.54) is 6.07 Å². The third kappa shape index (κ3) is 3.48. The molecule has 0 amide bonds. The number of hydrogen-bond acceptors (Lipinski definition) is 2. The molecule has 0 spiro atoms. The summed E-state index contributed by atoms with van der Waals surface area (Å²) < 4.78 is 28.4. The van der Waals surface area contributed by atoms with Crippen molar-refractivity contribution in [1.82, 2.24) is 9.78 Å². The van der Waals surface area contributed by atoms with Crippen LogP contribution in [0.2, 0.25) is 0 Å². The Morgan fingerprint density at radius 2 is 2.00 bits per heavy atom. The van der Waals surface area contributed by atoms with Crippen molar-refractivity contribution in [3.05, 3.63) is 47.3 Å². The lowest BCUT2D eigenvalue weighted by Gasteiger charge is -2.06. The zero-order valence-corrected chi connectivity index (χ0v) is 12.5. The van der Waals surface area contributed by atoms with Crippen LogP contribution >= 0.6 is 12.4 Å². The normalized spacial score (nSPS) is 10.5. The SMILES string of the molecule is Cc1nn(C(C)C)cc1NCc1cccc(F)c1F.Cl. The molecule has 110 valence electrons. The lowest BCUT2D eigenvalue weighted by Crippen LogP contribution is -2.03. The molecule has 0 saturated carbocycles. The van der Waals surface area contributed by atoms with Gasteiger partial charge in [-0.3, -0.25) is 4.68 Å². The predicted octanol–water partition coefficient (Wildman–Crippen LogP) is 4.08. The van der Waals surface area contributed by atoms with Crippen LogP contribution in [0.1, 0.15) is 31.1 Å². The van der Waals surface area contributed by atoms with E-state index < -0.39 is 11.6 Å². The third-order valence-electron chi connectivity index (χ3n) is 2.95. The van der Waals surface area contributed by atoms with Gasteiger partial charge in [0.15, 0.2) is 11.6 Å². The molecule has 2 aromatic rings. The molecule has 6 heteroatoms. The summed E-state index contributed by atoms with van der Waals surface area (Å²) in [7, 11) is 0. The fraction of sp³-hybridized carbons (Fsp3) is 0.357. The first-order valence-electron chi connectivity index (χ1n) is 6.21. The minimum absolute atomic E-state index is 0. The average Bonchev–Trinajstić information content (AvgIpc) is 2.73. The van der Waals surface area contributed by atoms with Gasteiger partial charge in [0.25, 0.3) is 0 Å². The Kier molecular flexibility index (Phi) is 5.51. The quantitative estimate of drug-likeness (QED) is 0.922. The van der Waals surface area contributed by atoms with Gasteiger partial charge in [-0.2, -0.15) is 5.10 Å². The number of nitrogens with one attached hydrogen (secondary N) is 1. The molecular formula is C14H18ClF2N3. The van der Waals surface area contributed by atoms with Crippen molar-refractivity contribution in [2.24, 2.45) is 0 Å². The summed E-state index contributed by atoms with van der Waals surface area (Å²) in [4.78, 5) is 0. The second kappa shape index (κ2) is 6.70. The van der Waals surface area contributed by atoms with E-state index in [-0.39, 0.29) is 25.0 Å². The van der Waals surface area contributed by atoms with Gasteiger partial charge in [0.1, 0.15) is 0 Å². The molecule has 0 aliphatic carbocycles. The first kappa shape index (κ1) is 16.4. The molecule has 1 aromatic heterocycles. The van der Waals surface area contributed by atoms with Crippen molar-refractivity contribution < 1.29 is 8.78 Å². The monoisotopic (exact) mass is 301 g/mol.